The van der Waals surface area contributed by atoms with Crippen LogP contribution in [0.1, 0.15) is 19.0 Å². The first-order valence-electron chi connectivity index (χ1n) is 10.1. The number of nitrogens with one attached hydrogen (secondary N) is 3. The molecule has 0 bridgehead atoms. The van der Waals surface area contributed by atoms with Crippen LogP contribution in [0.15, 0.2) is 22.6 Å². The van der Waals surface area contributed by atoms with Gasteiger partial charge in [-0.15, -0.1) is 16.9 Å². The lowest BCUT2D eigenvalue weighted by molar-refractivity contribution is -0.147. The molecule has 0 radical (unpaired) electrons. The van der Waals surface area contributed by atoms with Gasteiger partial charge in [-0.25, -0.2) is 14.5 Å². The van der Waals surface area contributed by atoms with Crippen molar-refractivity contribution in [2.75, 3.05) is 23.4 Å². The van der Waals surface area contributed by atoms with Gasteiger partial charge in [0.25, 0.3) is 5.91 Å². The predicted octanol–water partition coefficient (Wildman–Crippen LogP) is -0.171. The third kappa shape index (κ3) is 4.98. The average molecular weight is 494 g/mol. The molecule has 0 aliphatic carbocycles. The fraction of sp³-hybridized carbons (Fsp3) is 0.500. The summed E-state index contributed by atoms with van der Waals surface area (Å²) in [6.45, 7) is 2.05. The van der Waals surface area contributed by atoms with Crippen molar-refractivity contribution in [3.8, 4) is 0 Å². The number of aliphatic carboxylic acids is 1. The Morgan fingerprint density at radius 1 is 1.42 bits per heavy atom. The number of aryl methyl sites for hydroxylation is 2. The number of β-lactam (4-membered cyclic amide) rings is 1. The zero-order valence-electron chi connectivity index (χ0n) is 17.9. The van der Waals surface area contributed by atoms with Crippen molar-refractivity contribution in [3.63, 3.8) is 0 Å². The van der Waals surface area contributed by atoms with Gasteiger partial charge in [0.1, 0.15) is 17.1 Å². The van der Waals surface area contributed by atoms with E-state index in [0.29, 0.717) is 41.1 Å². The summed E-state index contributed by atoms with van der Waals surface area (Å²) in [6.07, 6.45) is 3.14. The van der Waals surface area contributed by atoms with Crippen molar-refractivity contribution in [3.05, 3.63) is 23.2 Å². The highest BCUT2D eigenvalue weighted by atomic mass is 32.2. The maximum Gasteiger partial charge on any atom is 0.352 e. The number of anilines is 1. The third-order valence-corrected chi connectivity index (χ3v) is 7.56. The van der Waals surface area contributed by atoms with E-state index in [4.69, 9.17) is 0 Å². The molecule has 0 aromatic carbocycles. The summed E-state index contributed by atoms with van der Waals surface area (Å²) in [5.74, 6) is -0.187. The molecule has 0 saturated carbocycles. The van der Waals surface area contributed by atoms with Crippen molar-refractivity contribution < 1.29 is 19.5 Å². The van der Waals surface area contributed by atoms with Gasteiger partial charge in [0.05, 0.1) is 6.20 Å². The largest absolute Gasteiger partial charge is 0.477 e. The number of hydrogen-bond acceptors (Lipinski definition) is 10. The van der Waals surface area contributed by atoms with E-state index in [1.54, 1.807) is 13.2 Å². The maximum atomic E-state index is 12.9. The van der Waals surface area contributed by atoms with Crippen molar-refractivity contribution in [2.45, 2.75) is 36.3 Å². The van der Waals surface area contributed by atoms with Crippen molar-refractivity contribution in [1.29, 1.82) is 0 Å². The quantitative estimate of drug-likeness (QED) is 0.197. The molecule has 4 rings (SSSR count). The Labute approximate surface area is 197 Å². The molecule has 2 atom stereocenters. The summed E-state index contributed by atoms with van der Waals surface area (Å²) in [5, 5.41) is 27.1. The molecule has 0 spiro atoms. The lowest BCUT2D eigenvalue weighted by Gasteiger charge is -2.49. The van der Waals surface area contributed by atoms with Crippen LogP contribution in [0.3, 0.4) is 0 Å². The first kappa shape index (κ1) is 23.1. The molecule has 2 aromatic rings. The summed E-state index contributed by atoms with van der Waals surface area (Å²) in [5.41, 5.74) is 1.57. The fourth-order valence-corrected chi connectivity index (χ4v) is 5.87. The van der Waals surface area contributed by atoms with Gasteiger partial charge in [-0.1, -0.05) is 11.8 Å². The second-order valence-corrected chi connectivity index (χ2v) is 9.55. The van der Waals surface area contributed by atoms with E-state index in [-0.39, 0.29) is 22.9 Å². The molecule has 13 nitrogen and oxygen atoms in total. The fourth-order valence-electron chi connectivity index (χ4n) is 3.54. The number of aromatic nitrogens is 6. The second-order valence-electron chi connectivity index (χ2n) is 7.51. The number of thioether (sulfide) groups is 2. The molecule has 1 fully saturated rings. The molecule has 2 amide bonds. The molecule has 4 heterocycles. The van der Waals surface area contributed by atoms with Crippen molar-refractivity contribution in [1.82, 2.24) is 40.4 Å². The highest BCUT2D eigenvalue weighted by Gasteiger charge is 2.53. The Kier molecular flexibility index (Phi) is 6.88. The van der Waals surface area contributed by atoms with Gasteiger partial charge in [0, 0.05) is 37.7 Å². The monoisotopic (exact) mass is 493 g/mol. The number of carboxylic acids is 1. The summed E-state index contributed by atoms with van der Waals surface area (Å²) in [4.78, 5) is 44.5. The molecule has 2 aliphatic rings. The highest BCUT2D eigenvalue weighted by molar-refractivity contribution is 8.01. The summed E-state index contributed by atoms with van der Waals surface area (Å²) in [6, 6.07) is -0.570. The van der Waals surface area contributed by atoms with Gasteiger partial charge in [-0.3, -0.25) is 14.5 Å². The molecule has 2 aromatic heterocycles. The van der Waals surface area contributed by atoms with Crippen molar-refractivity contribution in [2.24, 2.45) is 7.05 Å². The molecule has 1 unspecified atom stereocenters. The Morgan fingerprint density at radius 3 is 2.94 bits per heavy atom. The number of carboxylic acid groups (broad SMARTS) is 1. The Balaban J connectivity index is 1.37. The van der Waals surface area contributed by atoms with Crippen LogP contribution in [0.4, 0.5) is 5.95 Å². The first-order valence-corrected chi connectivity index (χ1v) is 12.2. The van der Waals surface area contributed by atoms with E-state index in [1.807, 2.05) is 0 Å². The minimum Gasteiger partial charge on any atom is -0.477 e. The Morgan fingerprint density at radius 2 is 2.24 bits per heavy atom. The zero-order valence-corrected chi connectivity index (χ0v) is 19.6. The van der Waals surface area contributed by atoms with Gasteiger partial charge in [0.15, 0.2) is 0 Å². The predicted molar refractivity (Wildman–Crippen MR) is 120 cm³/mol. The van der Waals surface area contributed by atoms with Crippen LogP contribution in [0.2, 0.25) is 0 Å². The lowest BCUT2D eigenvalue weighted by atomic mass is 10.0. The number of carbonyl (C=O) groups excluding carboxylic acids is 2. The van der Waals surface area contributed by atoms with E-state index < -0.39 is 12.0 Å². The normalized spacial score (nSPS) is 19.8. The number of fused-ring (bicyclic) bond motifs is 1. The lowest BCUT2D eigenvalue weighted by Crippen LogP contribution is -2.67. The van der Waals surface area contributed by atoms with E-state index in [2.05, 4.69) is 36.1 Å². The minimum atomic E-state index is -1.13. The SMILES string of the molecule is CC(=O)NCCCc1cnc(NC2C(=O)N3C(C(=O)O)=C(CSc4nnnn4C)CS[C@@H]23)[nH]1. The van der Waals surface area contributed by atoms with Gasteiger partial charge in [-0.2, -0.15) is 0 Å². The standard InChI is InChI=1S/C18H23N9O4S2/c1-9(28)19-5-3-4-11-6-20-17(21-11)22-12-14(29)27-13(16(30)31)10(7-32-15(12)27)8-33-18-23-24-25-26(18)2/h6,12,15H,3-5,7-8H2,1-2H3,(H,19,28)(H,30,31)(H2,20,21,22)/t12?,15-/m0/s1. The minimum absolute atomic E-state index is 0.0301. The number of H-pyrrole nitrogens is 1. The Bertz CT molecular complexity index is 1100. The molecule has 33 heavy (non-hydrogen) atoms. The van der Waals surface area contributed by atoms with E-state index >= 15 is 0 Å². The topological polar surface area (TPSA) is 171 Å². The van der Waals surface area contributed by atoms with Crippen LogP contribution in [-0.2, 0) is 27.9 Å². The molecular formula is C18H23N9O4S2. The van der Waals surface area contributed by atoms with Gasteiger partial charge in [-0.05, 0) is 28.8 Å². The van der Waals surface area contributed by atoms with Crippen molar-refractivity contribution >= 4 is 47.3 Å². The highest BCUT2D eigenvalue weighted by Crippen LogP contribution is 2.42. The van der Waals surface area contributed by atoms with Crippen LogP contribution in [0.25, 0.3) is 0 Å². The van der Waals surface area contributed by atoms with E-state index in [1.165, 1.54) is 40.0 Å². The summed E-state index contributed by atoms with van der Waals surface area (Å²) in [7, 11) is 1.71. The van der Waals surface area contributed by atoms with E-state index in [0.717, 1.165) is 12.1 Å². The molecule has 4 N–H and O–H groups in total. The summed E-state index contributed by atoms with van der Waals surface area (Å²) >= 11 is 2.84. The van der Waals surface area contributed by atoms with Crippen LogP contribution in [-0.4, -0.2) is 87.4 Å². The number of carbonyl (C=O) groups is 3. The molecule has 2 aliphatic heterocycles. The molecule has 1 saturated heterocycles. The third-order valence-electron chi connectivity index (χ3n) is 5.12. The number of nitrogens with zero attached hydrogens (tertiary/aromatic N) is 6. The van der Waals surface area contributed by atoms with Gasteiger partial charge >= 0.3 is 5.97 Å². The Hall–Kier alpha value is -3.07. The number of amides is 2. The number of tetrazole rings is 1. The van der Waals surface area contributed by atoms with Crippen LogP contribution < -0.4 is 10.6 Å². The number of hydrogen-bond donors (Lipinski definition) is 4. The number of aromatic amines is 1. The second kappa shape index (κ2) is 9.82. The van der Waals surface area contributed by atoms with Gasteiger partial charge in [0.2, 0.25) is 17.0 Å². The molecule has 15 heteroatoms. The zero-order chi connectivity index (χ0) is 23.5. The van der Waals surface area contributed by atoms with Gasteiger partial charge < -0.3 is 20.7 Å². The molecular weight excluding hydrogens is 470 g/mol. The van der Waals surface area contributed by atoms with Crippen LogP contribution in [0, 0.1) is 0 Å². The first-order chi connectivity index (χ1) is 15.8. The van der Waals surface area contributed by atoms with Crippen LogP contribution in [0.5, 0.6) is 0 Å². The molecule has 176 valence electrons. The smallest absolute Gasteiger partial charge is 0.352 e. The average Bonchev–Trinajstić information content (AvgIpc) is 3.41. The number of rotatable bonds is 10. The summed E-state index contributed by atoms with van der Waals surface area (Å²) < 4.78 is 1.51. The van der Waals surface area contributed by atoms with Crippen LogP contribution >= 0.6 is 23.5 Å². The maximum absolute atomic E-state index is 12.9. The number of imidazole rings is 1. The van der Waals surface area contributed by atoms with E-state index in [9.17, 15) is 19.5 Å².